The van der Waals surface area contributed by atoms with Crippen LogP contribution in [0.3, 0.4) is 0 Å². The van der Waals surface area contributed by atoms with Gasteiger partial charge in [0.2, 0.25) is 17.6 Å². The van der Waals surface area contributed by atoms with Crippen LogP contribution in [0.4, 0.5) is 24.7 Å². The lowest BCUT2D eigenvalue weighted by molar-refractivity contribution is -0.153. The lowest BCUT2D eigenvalue weighted by Gasteiger charge is -2.23. The van der Waals surface area contributed by atoms with Gasteiger partial charge in [0, 0.05) is 24.7 Å². The number of aromatic nitrogens is 2. The fourth-order valence-corrected chi connectivity index (χ4v) is 5.19. The number of anilines is 2. The number of amides is 2. The molecule has 3 atom stereocenters. The first kappa shape index (κ1) is 27.2. The zero-order valence-electron chi connectivity index (χ0n) is 21.1. The topological polar surface area (TPSA) is 138 Å². The van der Waals surface area contributed by atoms with Crippen molar-refractivity contribution in [3.05, 3.63) is 60.1 Å². The summed E-state index contributed by atoms with van der Waals surface area (Å²) in [6.45, 7) is 0.898. The second-order valence-electron chi connectivity index (χ2n) is 9.84. The Kier molecular flexibility index (Phi) is 7.46. The summed E-state index contributed by atoms with van der Waals surface area (Å²) in [5.74, 6) is -4.68. The van der Waals surface area contributed by atoms with E-state index in [4.69, 9.17) is 4.42 Å². The van der Waals surface area contributed by atoms with Gasteiger partial charge >= 0.3 is 12.1 Å². The van der Waals surface area contributed by atoms with E-state index < -0.39 is 41.3 Å². The summed E-state index contributed by atoms with van der Waals surface area (Å²) in [6, 6.07) is 10.9. The minimum Gasteiger partial charge on any atom is -0.481 e. The average Bonchev–Trinajstić information content (AvgIpc) is 3.69. The van der Waals surface area contributed by atoms with Crippen LogP contribution in [-0.4, -0.2) is 56.9 Å². The van der Waals surface area contributed by atoms with E-state index in [0.717, 1.165) is 6.42 Å². The molecule has 2 aromatic heterocycles. The second-order valence-corrected chi connectivity index (χ2v) is 9.84. The fraction of sp³-hybridized carbons (Fsp3) is 0.370. The van der Waals surface area contributed by atoms with E-state index in [2.05, 4.69) is 20.6 Å². The molecule has 3 N–H and O–H groups in total. The van der Waals surface area contributed by atoms with Crippen molar-refractivity contribution >= 4 is 29.3 Å². The lowest BCUT2D eigenvalue weighted by Crippen LogP contribution is -2.39. The van der Waals surface area contributed by atoms with Crippen LogP contribution < -0.4 is 10.6 Å². The third-order valence-corrected chi connectivity index (χ3v) is 7.14. The Balaban J connectivity index is 1.21. The first-order valence-corrected chi connectivity index (χ1v) is 12.8. The fourth-order valence-electron chi connectivity index (χ4n) is 5.19. The van der Waals surface area contributed by atoms with Crippen molar-refractivity contribution in [2.75, 3.05) is 23.7 Å². The Bertz CT molecular complexity index is 1390. The number of halogens is 3. The van der Waals surface area contributed by atoms with Crippen LogP contribution in [0.25, 0.3) is 11.5 Å². The molecule has 1 aliphatic heterocycles. The molecule has 10 nitrogen and oxygen atoms in total. The Morgan fingerprint density at radius 2 is 1.77 bits per heavy atom. The zero-order valence-corrected chi connectivity index (χ0v) is 21.1. The number of rotatable bonds is 7. The van der Waals surface area contributed by atoms with Crippen molar-refractivity contribution in [3.63, 3.8) is 0 Å². The third-order valence-electron chi connectivity index (χ3n) is 7.14. The molecule has 0 spiro atoms. The van der Waals surface area contributed by atoms with Crippen molar-refractivity contribution in [1.29, 1.82) is 0 Å². The number of benzene rings is 1. The molecule has 2 aliphatic rings. The molecule has 1 aliphatic carbocycles. The van der Waals surface area contributed by atoms with Gasteiger partial charge in [-0.25, -0.2) is 9.97 Å². The Labute approximate surface area is 226 Å². The van der Waals surface area contributed by atoms with Crippen molar-refractivity contribution < 1.29 is 37.1 Å². The van der Waals surface area contributed by atoms with Gasteiger partial charge in [0.1, 0.15) is 5.82 Å². The number of hydrogen-bond donors (Lipinski definition) is 3. The molecule has 2 fully saturated rings. The monoisotopic (exact) mass is 557 g/mol. The minimum absolute atomic E-state index is 0.109. The molecule has 40 heavy (non-hydrogen) atoms. The maximum atomic E-state index is 13.6. The number of carboxylic acids is 1. The van der Waals surface area contributed by atoms with Crippen LogP contribution in [0.2, 0.25) is 0 Å². The van der Waals surface area contributed by atoms with Gasteiger partial charge in [-0.2, -0.15) is 13.2 Å². The number of alkyl halides is 3. The summed E-state index contributed by atoms with van der Waals surface area (Å²) in [7, 11) is 0. The van der Waals surface area contributed by atoms with Crippen LogP contribution in [0.5, 0.6) is 0 Å². The normalized spacial score (nSPS) is 20.9. The summed E-state index contributed by atoms with van der Waals surface area (Å²) >= 11 is 0. The number of likely N-dealkylation sites (tertiary alicyclic amines) is 1. The Morgan fingerprint density at radius 1 is 1.02 bits per heavy atom. The van der Waals surface area contributed by atoms with Crippen LogP contribution in [0.1, 0.15) is 41.9 Å². The van der Waals surface area contributed by atoms with Crippen molar-refractivity contribution in [1.82, 2.24) is 14.9 Å². The molecule has 1 saturated heterocycles. The molecule has 3 aromatic rings. The zero-order chi connectivity index (χ0) is 28.4. The van der Waals surface area contributed by atoms with E-state index in [1.165, 1.54) is 24.4 Å². The van der Waals surface area contributed by atoms with Crippen molar-refractivity contribution in [3.8, 4) is 11.5 Å². The highest BCUT2D eigenvalue weighted by Crippen LogP contribution is 2.36. The van der Waals surface area contributed by atoms with Crippen LogP contribution in [-0.2, 0) is 15.8 Å². The van der Waals surface area contributed by atoms with E-state index in [9.17, 15) is 32.7 Å². The lowest BCUT2D eigenvalue weighted by atomic mass is 9.95. The molecule has 1 saturated carbocycles. The highest BCUT2D eigenvalue weighted by molar-refractivity contribution is 6.04. The number of carboxylic acid groups (broad SMARTS) is 1. The second kappa shape index (κ2) is 11.0. The van der Waals surface area contributed by atoms with Crippen molar-refractivity contribution in [2.24, 2.45) is 11.8 Å². The number of pyridine rings is 1. The number of carbonyl (C=O) groups excluding carboxylic acids is 2. The molecule has 3 heterocycles. The molecule has 2 amide bonds. The first-order chi connectivity index (χ1) is 19.1. The maximum absolute atomic E-state index is 13.6. The first-order valence-electron chi connectivity index (χ1n) is 12.8. The molecule has 0 bridgehead atoms. The highest BCUT2D eigenvalue weighted by atomic mass is 19.4. The molecule has 210 valence electrons. The van der Waals surface area contributed by atoms with E-state index in [0.29, 0.717) is 43.7 Å². The molecule has 13 heteroatoms. The quantitative estimate of drug-likeness (QED) is 0.386. The number of carbonyl (C=O) groups is 3. The van der Waals surface area contributed by atoms with E-state index in [1.807, 2.05) is 0 Å². The molecule has 1 unspecified atom stereocenters. The average molecular weight is 558 g/mol. The number of aliphatic carboxylic acids is 1. The predicted octanol–water partition coefficient (Wildman–Crippen LogP) is 4.52. The van der Waals surface area contributed by atoms with Gasteiger partial charge in [0.05, 0.1) is 23.7 Å². The number of nitrogens with zero attached hydrogens (tertiary/aromatic N) is 3. The Hall–Kier alpha value is -4.42. The van der Waals surface area contributed by atoms with Crippen LogP contribution in [0.15, 0.2) is 53.1 Å². The Morgan fingerprint density at radius 3 is 2.45 bits per heavy atom. The largest absolute Gasteiger partial charge is 0.481 e. The summed E-state index contributed by atoms with van der Waals surface area (Å²) in [6.07, 6.45) is -1.19. The number of oxazole rings is 1. The third kappa shape index (κ3) is 5.77. The van der Waals surface area contributed by atoms with Crippen molar-refractivity contribution in [2.45, 2.75) is 37.9 Å². The number of hydrogen-bond acceptors (Lipinski definition) is 7. The number of nitrogens with one attached hydrogen (secondary N) is 2. The maximum Gasteiger partial charge on any atom is 0.452 e. The van der Waals surface area contributed by atoms with Gasteiger partial charge in [-0.1, -0.05) is 24.6 Å². The van der Waals surface area contributed by atoms with Gasteiger partial charge in [0.15, 0.2) is 5.69 Å². The SMILES string of the molecule is O=C(Nc1ccc(NC2CCN(C(=O)[C@@H]3CCC[C@H]3C(=O)O)C2)nc1)c1nc(-c2ccccc2)oc1C(F)(F)F. The molecular weight excluding hydrogens is 531 g/mol. The van der Waals surface area contributed by atoms with Gasteiger partial charge in [-0.15, -0.1) is 0 Å². The standard InChI is InChI=1S/C27H26F3N5O5/c28-27(29,30)22-21(34-24(40-22)15-5-2-1-3-6-15)23(36)33-16-9-10-20(31-13-16)32-17-11-12-35(14-17)25(37)18-7-4-8-19(18)26(38)39/h1-3,5-6,9-10,13,17-19H,4,7-8,11-12,14H2,(H,31,32)(H,33,36)(H,38,39)/t17?,18-,19-/m1/s1. The summed E-state index contributed by atoms with van der Waals surface area (Å²) in [4.78, 5) is 46.8. The summed E-state index contributed by atoms with van der Waals surface area (Å²) < 4.78 is 45.6. The molecule has 0 radical (unpaired) electrons. The van der Waals surface area contributed by atoms with Gasteiger partial charge in [-0.05, 0) is 43.5 Å². The summed E-state index contributed by atoms with van der Waals surface area (Å²) in [5, 5.41) is 15.0. The molecule has 5 rings (SSSR count). The summed E-state index contributed by atoms with van der Waals surface area (Å²) in [5.41, 5.74) is -0.449. The molecule has 1 aromatic carbocycles. The smallest absolute Gasteiger partial charge is 0.452 e. The molecular formula is C27H26F3N5O5. The minimum atomic E-state index is -4.93. The van der Waals surface area contributed by atoms with Gasteiger partial charge in [-0.3, -0.25) is 14.4 Å². The van der Waals surface area contributed by atoms with Crippen LogP contribution in [0, 0.1) is 11.8 Å². The van der Waals surface area contributed by atoms with Crippen LogP contribution >= 0.6 is 0 Å². The predicted molar refractivity (Wildman–Crippen MR) is 136 cm³/mol. The highest BCUT2D eigenvalue weighted by Gasteiger charge is 2.43. The van der Waals surface area contributed by atoms with Gasteiger partial charge < -0.3 is 25.1 Å². The van der Waals surface area contributed by atoms with E-state index >= 15 is 0 Å². The van der Waals surface area contributed by atoms with Gasteiger partial charge in [0.25, 0.3) is 5.91 Å². The van der Waals surface area contributed by atoms with E-state index in [1.54, 1.807) is 29.2 Å². The van der Waals surface area contributed by atoms with E-state index in [-0.39, 0.29) is 23.5 Å².